The molecular formula is C12H15F3N2O2S. The van der Waals surface area contributed by atoms with Crippen LogP contribution in [0.15, 0.2) is 18.2 Å². The second-order valence-corrected chi connectivity index (χ2v) is 5.58. The molecule has 1 amide bonds. The summed E-state index contributed by atoms with van der Waals surface area (Å²) in [6, 6.07) is 3.21. The number of aliphatic hydroxyl groups is 1. The minimum atomic E-state index is -4.56. The number of hydrogen-bond acceptors (Lipinski definition) is 4. The largest absolute Gasteiger partial charge is 0.418 e. The number of anilines is 2. The van der Waals surface area contributed by atoms with Gasteiger partial charge in [0.2, 0.25) is 5.91 Å². The van der Waals surface area contributed by atoms with Crippen LogP contribution in [0.2, 0.25) is 0 Å². The third-order valence-electron chi connectivity index (χ3n) is 2.40. The lowest BCUT2D eigenvalue weighted by Crippen LogP contribution is -2.17. The number of hydrogen-bond donors (Lipinski definition) is 3. The van der Waals surface area contributed by atoms with E-state index in [0.717, 1.165) is 12.1 Å². The van der Waals surface area contributed by atoms with Crippen LogP contribution in [0.3, 0.4) is 0 Å². The van der Waals surface area contributed by atoms with Crippen molar-refractivity contribution in [1.29, 1.82) is 0 Å². The third kappa shape index (κ3) is 4.93. The second-order valence-electron chi connectivity index (χ2n) is 4.15. The van der Waals surface area contributed by atoms with Gasteiger partial charge in [-0.25, -0.2) is 0 Å². The van der Waals surface area contributed by atoms with Gasteiger partial charge in [-0.2, -0.15) is 13.2 Å². The fraction of sp³-hybridized carbons (Fsp3) is 0.417. The van der Waals surface area contributed by atoms with Gasteiger partial charge in [0.25, 0.3) is 0 Å². The summed E-state index contributed by atoms with van der Waals surface area (Å²) >= 11 is 1.21. The summed E-state index contributed by atoms with van der Waals surface area (Å²) in [4.78, 5) is 11.6. The number of carbonyl (C=O) groups is 1. The predicted molar refractivity (Wildman–Crippen MR) is 73.5 cm³/mol. The Kier molecular flexibility index (Phi) is 5.70. The van der Waals surface area contributed by atoms with Crippen molar-refractivity contribution in [3.8, 4) is 0 Å². The van der Waals surface area contributed by atoms with E-state index in [0.29, 0.717) is 0 Å². The number of nitrogens with two attached hydrogens (primary N) is 1. The molecule has 0 bridgehead atoms. The molecule has 112 valence electrons. The summed E-state index contributed by atoms with van der Waals surface area (Å²) in [6.07, 6.45) is -4.56. The summed E-state index contributed by atoms with van der Waals surface area (Å²) in [7, 11) is 0. The van der Waals surface area contributed by atoms with Crippen LogP contribution in [0.5, 0.6) is 0 Å². The third-order valence-corrected chi connectivity index (χ3v) is 3.55. The highest BCUT2D eigenvalue weighted by molar-refractivity contribution is 8.00. The maximum atomic E-state index is 12.6. The van der Waals surface area contributed by atoms with Gasteiger partial charge in [-0.1, -0.05) is 6.92 Å². The number of alkyl halides is 3. The predicted octanol–water partition coefficient (Wildman–Crippen LogP) is 2.34. The summed E-state index contributed by atoms with van der Waals surface area (Å²) in [6.45, 7) is 1.67. The van der Waals surface area contributed by atoms with E-state index >= 15 is 0 Å². The first-order chi connectivity index (χ1) is 9.24. The normalized spacial score (nSPS) is 13.1. The van der Waals surface area contributed by atoms with Crippen LogP contribution in [0.4, 0.5) is 24.5 Å². The molecule has 1 rings (SSSR count). The van der Waals surface area contributed by atoms with Crippen LogP contribution in [-0.2, 0) is 11.0 Å². The van der Waals surface area contributed by atoms with Gasteiger partial charge in [0.1, 0.15) is 0 Å². The molecule has 1 aromatic rings. The average Bonchev–Trinajstić information content (AvgIpc) is 2.37. The molecule has 0 aliphatic heterocycles. The summed E-state index contributed by atoms with van der Waals surface area (Å²) in [5.74, 6) is -0.388. The van der Waals surface area contributed by atoms with Gasteiger partial charge in [-0.15, -0.1) is 11.8 Å². The first-order valence-electron chi connectivity index (χ1n) is 5.73. The number of rotatable bonds is 5. The van der Waals surface area contributed by atoms with Crippen molar-refractivity contribution in [2.45, 2.75) is 18.3 Å². The zero-order valence-corrected chi connectivity index (χ0v) is 11.5. The van der Waals surface area contributed by atoms with E-state index < -0.39 is 23.3 Å². The topological polar surface area (TPSA) is 75.3 Å². The first-order valence-corrected chi connectivity index (χ1v) is 6.78. The summed E-state index contributed by atoms with van der Waals surface area (Å²) in [5, 5.41) is 11.1. The van der Waals surface area contributed by atoms with Gasteiger partial charge in [0.15, 0.2) is 0 Å². The molecule has 1 atom stereocenters. The molecule has 0 fully saturated rings. The molecule has 20 heavy (non-hydrogen) atoms. The van der Waals surface area contributed by atoms with E-state index in [1.54, 1.807) is 6.92 Å². The Morgan fingerprint density at radius 1 is 1.50 bits per heavy atom. The van der Waals surface area contributed by atoms with Crippen LogP contribution < -0.4 is 11.1 Å². The lowest BCUT2D eigenvalue weighted by molar-refractivity contribution is -0.136. The van der Waals surface area contributed by atoms with Gasteiger partial charge >= 0.3 is 6.18 Å². The van der Waals surface area contributed by atoms with Crippen LogP contribution in [0, 0.1) is 0 Å². The highest BCUT2D eigenvalue weighted by atomic mass is 32.2. The van der Waals surface area contributed by atoms with Gasteiger partial charge < -0.3 is 16.2 Å². The van der Waals surface area contributed by atoms with Crippen LogP contribution in [0.1, 0.15) is 12.5 Å². The SMILES string of the molecule is CC(CO)SCC(=O)Nc1ccc(N)c(C(F)(F)F)c1. The quantitative estimate of drug-likeness (QED) is 0.730. The Hall–Kier alpha value is -1.41. The first kappa shape index (κ1) is 16.6. The zero-order valence-electron chi connectivity index (χ0n) is 10.7. The number of thioether (sulfide) groups is 1. The Balaban J connectivity index is 2.71. The standard InChI is InChI=1S/C12H15F3N2O2S/c1-7(5-18)20-6-11(19)17-8-2-3-10(16)9(4-8)12(13,14)15/h2-4,7,18H,5-6,16H2,1H3,(H,17,19). The highest BCUT2D eigenvalue weighted by Gasteiger charge is 2.33. The highest BCUT2D eigenvalue weighted by Crippen LogP contribution is 2.35. The zero-order chi connectivity index (χ0) is 15.3. The molecule has 8 heteroatoms. The molecule has 1 unspecified atom stereocenters. The van der Waals surface area contributed by atoms with Crippen molar-refractivity contribution in [2.75, 3.05) is 23.4 Å². The van der Waals surface area contributed by atoms with E-state index in [-0.39, 0.29) is 23.3 Å². The van der Waals surface area contributed by atoms with E-state index in [1.807, 2.05) is 0 Å². The van der Waals surface area contributed by atoms with Crippen molar-refractivity contribution >= 4 is 29.0 Å². The molecule has 4 N–H and O–H groups in total. The maximum Gasteiger partial charge on any atom is 0.418 e. The average molecular weight is 308 g/mol. The number of aliphatic hydroxyl groups excluding tert-OH is 1. The van der Waals surface area contributed by atoms with Crippen LogP contribution >= 0.6 is 11.8 Å². The number of nitrogen functional groups attached to an aromatic ring is 1. The van der Waals surface area contributed by atoms with Gasteiger partial charge in [-0.3, -0.25) is 4.79 Å². The van der Waals surface area contributed by atoms with Crippen LogP contribution in [-0.4, -0.2) is 28.6 Å². The van der Waals surface area contributed by atoms with Crippen molar-refractivity contribution in [3.05, 3.63) is 23.8 Å². The van der Waals surface area contributed by atoms with Crippen molar-refractivity contribution < 1.29 is 23.1 Å². The number of carbonyl (C=O) groups excluding carboxylic acids is 1. The van der Waals surface area contributed by atoms with E-state index in [1.165, 1.54) is 17.8 Å². The van der Waals surface area contributed by atoms with E-state index in [9.17, 15) is 18.0 Å². The second kappa shape index (κ2) is 6.85. The fourth-order valence-corrected chi connectivity index (χ4v) is 1.96. The molecule has 0 saturated heterocycles. The van der Waals surface area contributed by atoms with Gasteiger partial charge in [0, 0.05) is 16.6 Å². The maximum absolute atomic E-state index is 12.6. The molecule has 0 spiro atoms. The minimum absolute atomic E-state index is 0.0359. The Labute approximate surface area is 118 Å². The number of benzene rings is 1. The lowest BCUT2D eigenvalue weighted by Gasteiger charge is -2.13. The number of amides is 1. The van der Waals surface area contributed by atoms with Crippen molar-refractivity contribution in [3.63, 3.8) is 0 Å². The Morgan fingerprint density at radius 3 is 2.70 bits per heavy atom. The minimum Gasteiger partial charge on any atom is -0.398 e. The van der Waals surface area contributed by atoms with Gasteiger partial charge in [0.05, 0.1) is 17.9 Å². The monoisotopic (exact) mass is 308 g/mol. The molecule has 0 aliphatic rings. The van der Waals surface area contributed by atoms with E-state index in [4.69, 9.17) is 10.8 Å². The number of halogens is 3. The molecule has 1 aromatic carbocycles. The fourth-order valence-electron chi connectivity index (χ4n) is 1.35. The Bertz CT molecular complexity index is 480. The molecule has 4 nitrogen and oxygen atoms in total. The molecule has 0 aliphatic carbocycles. The molecule has 0 radical (unpaired) electrons. The summed E-state index contributed by atoms with van der Waals surface area (Å²) in [5.41, 5.74) is 3.92. The molecular weight excluding hydrogens is 293 g/mol. The molecule has 0 saturated carbocycles. The van der Waals surface area contributed by atoms with Crippen molar-refractivity contribution in [2.24, 2.45) is 0 Å². The molecule has 0 aromatic heterocycles. The smallest absolute Gasteiger partial charge is 0.398 e. The lowest BCUT2D eigenvalue weighted by atomic mass is 10.1. The summed E-state index contributed by atoms with van der Waals surface area (Å²) < 4.78 is 37.9. The molecule has 0 heterocycles. The van der Waals surface area contributed by atoms with Crippen LogP contribution in [0.25, 0.3) is 0 Å². The van der Waals surface area contributed by atoms with Gasteiger partial charge in [-0.05, 0) is 18.2 Å². The Morgan fingerprint density at radius 2 is 2.15 bits per heavy atom. The number of nitrogens with one attached hydrogen (secondary N) is 1. The van der Waals surface area contributed by atoms with E-state index in [2.05, 4.69) is 5.32 Å². The van der Waals surface area contributed by atoms with Crippen molar-refractivity contribution in [1.82, 2.24) is 0 Å².